The van der Waals surface area contributed by atoms with Gasteiger partial charge in [0.15, 0.2) is 11.5 Å². The van der Waals surface area contributed by atoms with Crippen molar-refractivity contribution in [2.75, 3.05) is 27.0 Å². The lowest BCUT2D eigenvalue weighted by molar-refractivity contribution is -0.137. The second-order valence-electron chi connectivity index (χ2n) is 4.87. The molecule has 1 aromatic carbocycles. The highest BCUT2D eigenvalue weighted by atomic mass is 32.2. The number of amides is 2. The summed E-state index contributed by atoms with van der Waals surface area (Å²) < 4.78 is 10.5. The van der Waals surface area contributed by atoms with Gasteiger partial charge in [0.25, 0.3) is 0 Å². The summed E-state index contributed by atoms with van der Waals surface area (Å²) in [6.45, 7) is 1.73. The molecule has 7 heteroatoms. The summed E-state index contributed by atoms with van der Waals surface area (Å²) in [5.74, 6) is 1.38. The molecule has 22 heavy (non-hydrogen) atoms. The number of benzene rings is 1. The van der Waals surface area contributed by atoms with Gasteiger partial charge in [0.05, 0.1) is 20.0 Å². The Balaban J connectivity index is 2.34. The highest BCUT2D eigenvalue weighted by Crippen LogP contribution is 2.42. The first-order valence-corrected chi connectivity index (χ1v) is 7.94. The van der Waals surface area contributed by atoms with Crippen molar-refractivity contribution in [2.24, 2.45) is 0 Å². The molecular weight excluding hydrogens is 304 g/mol. The van der Waals surface area contributed by atoms with Crippen molar-refractivity contribution in [3.05, 3.63) is 23.8 Å². The van der Waals surface area contributed by atoms with Gasteiger partial charge in [-0.2, -0.15) is 0 Å². The van der Waals surface area contributed by atoms with E-state index >= 15 is 0 Å². The molecule has 0 saturated carbocycles. The normalized spacial score (nSPS) is 19.0. The van der Waals surface area contributed by atoms with Crippen LogP contribution in [-0.4, -0.2) is 49.8 Å². The van der Waals surface area contributed by atoms with Crippen LogP contribution >= 0.6 is 11.8 Å². The van der Waals surface area contributed by atoms with Gasteiger partial charge in [-0.1, -0.05) is 6.07 Å². The van der Waals surface area contributed by atoms with Crippen LogP contribution in [0.3, 0.4) is 0 Å². The van der Waals surface area contributed by atoms with E-state index in [4.69, 9.17) is 9.47 Å². The number of hydrogen-bond donors (Lipinski definition) is 1. The van der Waals surface area contributed by atoms with Crippen LogP contribution in [-0.2, 0) is 9.59 Å². The fraction of sp³-hybridized carbons (Fsp3) is 0.467. The molecule has 0 unspecified atom stereocenters. The summed E-state index contributed by atoms with van der Waals surface area (Å²) in [5, 5.41) is 2.38. The van der Waals surface area contributed by atoms with E-state index < -0.39 is 6.04 Å². The molecule has 1 heterocycles. The zero-order valence-electron chi connectivity index (χ0n) is 13.1. The van der Waals surface area contributed by atoms with Crippen molar-refractivity contribution in [3.63, 3.8) is 0 Å². The van der Waals surface area contributed by atoms with Gasteiger partial charge in [0.1, 0.15) is 11.4 Å². The molecule has 0 spiro atoms. The summed E-state index contributed by atoms with van der Waals surface area (Å²) in [6, 6.07) is 5.02. The first-order valence-electron chi connectivity index (χ1n) is 6.89. The third-order valence-electron chi connectivity index (χ3n) is 3.64. The lowest BCUT2D eigenvalue weighted by Crippen LogP contribution is -2.45. The van der Waals surface area contributed by atoms with E-state index in [1.807, 2.05) is 12.1 Å². The minimum absolute atomic E-state index is 0.0408. The molecule has 0 radical (unpaired) electrons. The number of methoxy groups -OCH3 is 2. The summed E-state index contributed by atoms with van der Waals surface area (Å²) in [4.78, 5) is 25.7. The summed E-state index contributed by atoms with van der Waals surface area (Å²) in [5.41, 5.74) is 0.907. The topological polar surface area (TPSA) is 67.9 Å². The van der Waals surface area contributed by atoms with E-state index in [1.165, 1.54) is 11.8 Å². The maximum Gasteiger partial charge on any atom is 0.242 e. The molecule has 0 aromatic heterocycles. The molecular formula is C15H20N2O4S. The summed E-state index contributed by atoms with van der Waals surface area (Å²) >= 11 is 1.50. The third kappa shape index (κ3) is 2.99. The summed E-state index contributed by atoms with van der Waals surface area (Å²) in [6.07, 6.45) is 0. The molecule has 0 bridgehead atoms. The van der Waals surface area contributed by atoms with Crippen LogP contribution in [0.25, 0.3) is 0 Å². The standard InChI is InChI=1S/C15H20N2O4S/c1-9(14(19)16-2)17-13(18)8-22-15(17)10-5-6-11(20-3)12(7-10)21-4/h5-7,9,15H,8H2,1-4H3,(H,16,19)/t9-,15+/m1/s1. The molecule has 1 aliphatic heterocycles. The van der Waals surface area contributed by atoms with Gasteiger partial charge in [-0.05, 0) is 24.6 Å². The van der Waals surface area contributed by atoms with Crippen molar-refractivity contribution in [1.82, 2.24) is 10.2 Å². The Morgan fingerprint density at radius 1 is 1.36 bits per heavy atom. The number of likely N-dealkylation sites (N-methyl/N-ethyl adjacent to an activating group) is 1. The molecule has 1 aromatic rings. The molecule has 1 aliphatic rings. The first-order chi connectivity index (χ1) is 10.5. The number of nitrogens with one attached hydrogen (secondary N) is 1. The molecule has 1 N–H and O–H groups in total. The Hall–Kier alpha value is -1.89. The summed E-state index contributed by atoms with van der Waals surface area (Å²) in [7, 11) is 4.71. The molecule has 2 amide bonds. The van der Waals surface area contributed by atoms with Crippen molar-refractivity contribution in [3.8, 4) is 11.5 Å². The van der Waals surface area contributed by atoms with Crippen LogP contribution in [0.15, 0.2) is 18.2 Å². The number of hydrogen-bond acceptors (Lipinski definition) is 5. The lowest BCUT2D eigenvalue weighted by Gasteiger charge is -2.29. The van der Waals surface area contributed by atoms with Crippen LogP contribution in [0.2, 0.25) is 0 Å². The minimum Gasteiger partial charge on any atom is -0.493 e. The largest absolute Gasteiger partial charge is 0.493 e. The number of thioether (sulfide) groups is 1. The molecule has 1 fully saturated rings. The predicted molar refractivity (Wildman–Crippen MR) is 85.1 cm³/mol. The highest BCUT2D eigenvalue weighted by Gasteiger charge is 2.38. The van der Waals surface area contributed by atoms with E-state index in [2.05, 4.69) is 5.32 Å². The van der Waals surface area contributed by atoms with E-state index in [-0.39, 0.29) is 17.2 Å². The Morgan fingerprint density at radius 3 is 2.64 bits per heavy atom. The minimum atomic E-state index is -0.523. The van der Waals surface area contributed by atoms with Gasteiger partial charge in [-0.3, -0.25) is 9.59 Å². The zero-order chi connectivity index (χ0) is 16.3. The lowest BCUT2D eigenvalue weighted by atomic mass is 10.1. The molecule has 0 aliphatic carbocycles. The third-order valence-corrected chi connectivity index (χ3v) is 4.87. The number of nitrogens with zero attached hydrogens (tertiary/aromatic N) is 1. The van der Waals surface area contributed by atoms with E-state index in [9.17, 15) is 9.59 Å². The van der Waals surface area contributed by atoms with Gasteiger partial charge in [0, 0.05) is 7.05 Å². The van der Waals surface area contributed by atoms with Crippen LogP contribution in [0.1, 0.15) is 17.9 Å². The number of carbonyl (C=O) groups excluding carboxylic acids is 2. The Kier molecular flexibility index (Phi) is 5.18. The molecule has 2 rings (SSSR count). The number of rotatable bonds is 5. The van der Waals surface area contributed by atoms with E-state index in [0.717, 1.165) is 5.56 Å². The number of carbonyl (C=O) groups is 2. The number of ether oxygens (including phenoxy) is 2. The average Bonchev–Trinajstić information content (AvgIpc) is 2.94. The van der Waals surface area contributed by atoms with Crippen LogP contribution in [0.5, 0.6) is 11.5 Å². The molecule has 2 atom stereocenters. The maximum atomic E-state index is 12.2. The SMILES string of the molecule is CNC(=O)[C@@H](C)N1C(=O)CS[C@H]1c1ccc(OC)c(OC)c1. The van der Waals surface area contributed by atoms with Gasteiger partial charge < -0.3 is 19.7 Å². The van der Waals surface area contributed by atoms with Gasteiger partial charge in [-0.15, -0.1) is 11.8 Å². The Labute approximate surface area is 134 Å². The van der Waals surface area contributed by atoms with Crippen molar-refractivity contribution < 1.29 is 19.1 Å². The van der Waals surface area contributed by atoms with Crippen LogP contribution in [0, 0.1) is 0 Å². The quantitative estimate of drug-likeness (QED) is 0.887. The first kappa shape index (κ1) is 16.5. The van der Waals surface area contributed by atoms with Crippen LogP contribution < -0.4 is 14.8 Å². The maximum absolute atomic E-state index is 12.2. The Morgan fingerprint density at radius 2 is 2.05 bits per heavy atom. The van der Waals surface area contributed by atoms with Crippen molar-refractivity contribution in [2.45, 2.75) is 18.3 Å². The Bertz CT molecular complexity index is 579. The second kappa shape index (κ2) is 6.91. The van der Waals surface area contributed by atoms with E-state index in [1.54, 1.807) is 39.2 Å². The average molecular weight is 324 g/mol. The van der Waals surface area contributed by atoms with E-state index in [0.29, 0.717) is 17.3 Å². The predicted octanol–water partition coefficient (Wildman–Crippen LogP) is 1.41. The van der Waals surface area contributed by atoms with Crippen molar-refractivity contribution in [1.29, 1.82) is 0 Å². The molecule has 120 valence electrons. The van der Waals surface area contributed by atoms with Gasteiger partial charge in [-0.25, -0.2) is 0 Å². The second-order valence-corrected chi connectivity index (χ2v) is 5.94. The van der Waals surface area contributed by atoms with Crippen LogP contribution in [0.4, 0.5) is 0 Å². The van der Waals surface area contributed by atoms with Gasteiger partial charge in [0.2, 0.25) is 11.8 Å². The smallest absolute Gasteiger partial charge is 0.242 e. The fourth-order valence-electron chi connectivity index (χ4n) is 2.45. The molecule has 1 saturated heterocycles. The monoisotopic (exact) mass is 324 g/mol. The van der Waals surface area contributed by atoms with Gasteiger partial charge >= 0.3 is 0 Å². The van der Waals surface area contributed by atoms with Crippen molar-refractivity contribution >= 4 is 23.6 Å². The zero-order valence-corrected chi connectivity index (χ0v) is 13.9. The highest BCUT2D eigenvalue weighted by molar-refractivity contribution is 8.00. The fourth-order valence-corrected chi connectivity index (χ4v) is 3.70. The molecule has 6 nitrogen and oxygen atoms in total.